The zero-order valence-corrected chi connectivity index (χ0v) is 14.0. The van der Waals surface area contributed by atoms with Gasteiger partial charge in [-0.1, -0.05) is 29.8 Å². The number of carbonyl (C=O) groups is 2. The summed E-state index contributed by atoms with van der Waals surface area (Å²) in [7, 11) is 0. The smallest absolute Gasteiger partial charge is 0.306 e. The van der Waals surface area contributed by atoms with Crippen LogP contribution in [-0.4, -0.2) is 23.4 Å². The highest BCUT2D eigenvalue weighted by molar-refractivity contribution is 5.84. The zero-order chi connectivity index (χ0) is 16.8. The molecule has 0 aliphatic rings. The number of ketones is 1. The van der Waals surface area contributed by atoms with Gasteiger partial charge >= 0.3 is 5.97 Å². The van der Waals surface area contributed by atoms with Gasteiger partial charge in [-0.3, -0.25) is 9.59 Å². The van der Waals surface area contributed by atoms with E-state index >= 15 is 0 Å². The second-order valence-electron chi connectivity index (χ2n) is 6.68. The lowest BCUT2D eigenvalue weighted by Crippen LogP contribution is -2.32. The summed E-state index contributed by atoms with van der Waals surface area (Å²) >= 11 is 0. The molecule has 0 fully saturated rings. The third-order valence-electron chi connectivity index (χ3n) is 3.27. The fourth-order valence-electron chi connectivity index (χ4n) is 2.03. The van der Waals surface area contributed by atoms with Gasteiger partial charge < -0.3 is 10.5 Å². The molecule has 0 unspecified atom stereocenters. The van der Waals surface area contributed by atoms with Gasteiger partial charge in [-0.2, -0.15) is 0 Å². The van der Waals surface area contributed by atoms with Gasteiger partial charge in [-0.05, 0) is 46.1 Å². The van der Waals surface area contributed by atoms with Crippen molar-refractivity contribution in [3.8, 4) is 0 Å². The van der Waals surface area contributed by atoms with Crippen LogP contribution < -0.4 is 5.73 Å². The molecule has 1 aromatic rings. The maximum absolute atomic E-state index is 12.0. The number of benzene rings is 1. The maximum atomic E-state index is 12.0. The third-order valence-corrected chi connectivity index (χ3v) is 3.27. The average Bonchev–Trinajstić information content (AvgIpc) is 2.42. The lowest BCUT2D eigenvalue weighted by molar-refractivity contribution is -0.155. The Morgan fingerprint density at radius 3 is 2.27 bits per heavy atom. The quantitative estimate of drug-likeness (QED) is 0.786. The van der Waals surface area contributed by atoms with Crippen LogP contribution in [0, 0.1) is 6.92 Å². The van der Waals surface area contributed by atoms with Gasteiger partial charge in [0.05, 0.1) is 6.04 Å². The molecule has 0 aromatic heterocycles. The van der Waals surface area contributed by atoms with Crippen LogP contribution in [0.5, 0.6) is 0 Å². The summed E-state index contributed by atoms with van der Waals surface area (Å²) in [6.45, 7) is 7.48. The molecule has 22 heavy (non-hydrogen) atoms. The summed E-state index contributed by atoms with van der Waals surface area (Å²) in [4.78, 5) is 23.6. The second kappa shape index (κ2) is 8.08. The largest absolute Gasteiger partial charge is 0.460 e. The fraction of sp³-hybridized carbons (Fsp3) is 0.556. The van der Waals surface area contributed by atoms with Crippen molar-refractivity contribution in [3.05, 3.63) is 35.4 Å². The summed E-state index contributed by atoms with van der Waals surface area (Å²) in [6, 6.07) is 7.51. The highest BCUT2D eigenvalue weighted by atomic mass is 16.6. The molecule has 0 radical (unpaired) electrons. The Morgan fingerprint density at radius 2 is 1.73 bits per heavy atom. The van der Waals surface area contributed by atoms with E-state index in [-0.39, 0.29) is 18.2 Å². The number of ether oxygens (including phenoxy) is 1. The van der Waals surface area contributed by atoms with Crippen LogP contribution in [0.2, 0.25) is 0 Å². The van der Waals surface area contributed by atoms with E-state index < -0.39 is 11.6 Å². The Bertz CT molecular complexity index is 500. The first-order valence-corrected chi connectivity index (χ1v) is 7.73. The lowest BCUT2D eigenvalue weighted by atomic mass is 10.0. The number of rotatable bonds is 7. The van der Waals surface area contributed by atoms with E-state index in [1.54, 1.807) is 0 Å². The molecular weight excluding hydrogens is 278 g/mol. The van der Waals surface area contributed by atoms with E-state index in [1.165, 1.54) is 5.56 Å². The summed E-state index contributed by atoms with van der Waals surface area (Å²) in [5, 5.41) is 0. The maximum Gasteiger partial charge on any atom is 0.306 e. The standard InChI is InChI=1S/C18H27NO3/c1-13-5-7-14(8-6-13)9-11-16(20)15(19)10-12-17(21)22-18(2,3)4/h5-8,15H,9-12,19H2,1-4H3/t15-/m1/s1. The van der Waals surface area contributed by atoms with Crippen LogP contribution in [0.25, 0.3) is 0 Å². The number of hydrogen-bond donors (Lipinski definition) is 1. The number of carbonyl (C=O) groups excluding carboxylic acids is 2. The number of esters is 1. The van der Waals surface area contributed by atoms with Crippen LogP contribution in [0.15, 0.2) is 24.3 Å². The van der Waals surface area contributed by atoms with Gasteiger partial charge in [0, 0.05) is 12.8 Å². The van der Waals surface area contributed by atoms with E-state index in [0.717, 1.165) is 5.56 Å². The molecule has 0 heterocycles. The minimum Gasteiger partial charge on any atom is -0.460 e. The molecule has 1 aromatic carbocycles. The summed E-state index contributed by atoms with van der Waals surface area (Å²) in [5.41, 5.74) is 7.68. The van der Waals surface area contributed by atoms with Crippen molar-refractivity contribution in [1.29, 1.82) is 0 Å². The van der Waals surface area contributed by atoms with Crippen LogP contribution in [0.1, 0.15) is 51.2 Å². The minimum atomic E-state index is -0.599. The number of aryl methyl sites for hydroxylation is 2. The molecule has 0 spiro atoms. The molecule has 2 N–H and O–H groups in total. The Balaban J connectivity index is 2.33. The molecule has 0 saturated heterocycles. The van der Waals surface area contributed by atoms with Crippen molar-refractivity contribution >= 4 is 11.8 Å². The minimum absolute atomic E-state index is 0.0101. The van der Waals surface area contributed by atoms with Crippen LogP contribution in [0.4, 0.5) is 0 Å². The van der Waals surface area contributed by atoms with Gasteiger partial charge in [0.15, 0.2) is 0 Å². The number of nitrogens with two attached hydrogens (primary N) is 1. The molecule has 122 valence electrons. The topological polar surface area (TPSA) is 69.4 Å². The second-order valence-corrected chi connectivity index (χ2v) is 6.68. The SMILES string of the molecule is Cc1ccc(CCC(=O)[C@H](N)CCC(=O)OC(C)(C)C)cc1. The number of Topliss-reactive ketones (excluding diaryl/α,β-unsaturated/α-hetero) is 1. The molecule has 0 bridgehead atoms. The fourth-order valence-corrected chi connectivity index (χ4v) is 2.03. The first kappa shape index (κ1) is 18.4. The predicted molar refractivity (Wildman–Crippen MR) is 87.6 cm³/mol. The molecule has 0 aliphatic heterocycles. The van der Waals surface area contributed by atoms with E-state index in [1.807, 2.05) is 52.0 Å². The van der Waals surface area contributed by atoms with Gasteiger partial charge in [-0.25, -0.2) is 0 Å². The molecule has 4 heteroatoms. The highest BCUT2D eigenvalue weighted by Crippen LogP contribution is 2.11. The first-order valence-electron chi connectivity index (χ1n) is 7.73. The van der Waals surface area contributed by atoms with Crippen molar-refractivity contribution in [2.75, 3.05) is 0 Å². The van der Waals surface area contributed by atoms with Crippen molar-refractivity contribution in [2.45, 2.75) is 65.0 Å². The summed E-state index contributed by atoms with van der Waals surface area (Å²) in [6.07, 6.45) is 1.59. The van der Waals surface area contributed by atoms with E-state index in [2.05, 4.69) is 0 Å². The molecule has 1 atom stereocenters. The van der Waals surface area contributed by atoms with Gasteiger partial charge in [-0.15, -0.1) is 0 Å². The van der Waals surface area contributed by atoms with Crippen molar-refractivity contribution in [1.82, 2.24) is 0 Å². The normalized spacial score (nSPS) is 12.8. The van der Waals surface area contributed by atoms with Crippen molar-refractivity contribution in [3.63, 3.8) is 0 Å². The van der Waals surface area contributed by atoms with Crippen LogP contribution >= 0.6 is 0 Å². The molecule has 4 nitrogen and oxygen atoms in total. The Labute approximate surface area is 133 Å². The summed E-state index contributed by atoms with van der Waals surface area (Å²) < 4.78 is 5.20. The van der Waals surface area contributed by atoms with Crippen molar-refractivity contribution in [2.24, 2.45) is 5.73 Å². The third kappa shape index (κ3) is 7.36. The predicted octanol–water partition coefficient (Wildman–Crippen LogP) is 2.95. The first-order chi connectivity index (χ1) is 10.2. The van der Waals surface area contributed by atoms with Gasteiger partial charge in [0.25, 0.3) is 0 Å². The van der Waals surface area contributed by atoms with Crippen LogP contribution in [-0.2, 0) is 20.7 Å². The van der Waals surface area contributed by atoms with Crippen molar-refractivity contribution < 1.29 is 14.3 Å². The molecule has 1 rings (SSSR count). The van der Waals surface area contributed by atoms with E-state index in [0.29, 0.717) is 19.3 Å². The number of hydrogen-bond acceptors (Lipinski definition) is 4. The van der Waals surface area contributed by atoms with E-state index in [4.69, 9.17) is 10.5 Å². The van der Waals surface area contributed by atoms with E-state index in [9.17, 15) is 9.59 Å². The molecule has 0 amide bonds. The highest BCUT2D eigenvalue weighted by Gasteiger charge is 2.19. The monoisotopic (exact) mass is 305 g/mol. The molecular formula is C18H27NO3. The molecule has 0 saturated carbocycles. The van der Waals surface area contributed by atoms with Gasteiger partial charge in [0.2, 0.25) is 0 Å². The molecule has 0 aliphatic carbocycles. The van der Waals surface area contributed by atoms with Crippen LogP contribution in [0.3, 0.4) is 0 Å². The zero-order valence-electron chi connectivity index (χ0n) is 14.0. The Morgan fingerprint density at radius 1 is 1.14 bits per heavy atom. The Kier molecular flexibility index (Phi) is 6.75. The lowest BCUT2D eigenvalue weighted by Gasteiger charge is -2.20. The Hall–Kier alpha value is -1.68. The summed E-state index contributed by atoms with van der Waals surface area (Å²) in [5.74, 6) is -0.321. The van der Waals surface area contributed by atoms with Gasteiger partial charge in [0.1, 0.15) is 11.4 Å². The average molecular weight is 305 g/mol.